The van der Waals surface area contributed by atoms with Gasteiger partial charge in [0.1, 0.15) is 5.82 Å². The Bertz CT molecular complexity index is 1080. The molecular weight excluding hydrogens is 397 g/mol. The summed E-state index contributed by atoms with van der Waals surface area (Å²) in [6.45, 7) is 2.49. The van der Waals surface area contributed by atoms with Crippen molar-refractivity contribution in [3.63, 3.8) is 0 Å². The molecule has 0 saturated heterocycles. The van der Waals surface area contributed by atoms with Gasteiger partial charge in [-0.3, -0.25) is 14.4 Å². The molecule has 158 valence electrons. The summed E-state index contributed by atoms with van der Waals surface area (Å²) in [6.07, 6.45) is 0. The summed E-state index contributed by atoms with van der Waals surface area (Å²) in [7, 11) is 0. The smallest absolute Gasteiger partial charge is 0.255 e. The van der Waals surface area contributed by atoms with E-state index in [1.807, 2.05) is 19.1 Å². The molecule has 0 spiro atoms. The third-order valence-corrected chi connectivity index (χ3v) is 4.49. The van der Waals surface area contributed by atoms with Gasteiger partial charge in [0.15, 0.2) is 0 Å². The molecule has 0 fully saturated rings. The van der Waals surface area contributed by atoms with E-state index in [1.165, 1.54) is 24.3 Å². The van der Waals surface area contributed by atoms with E-state index in [9.17, 15) is 18.8 Å². The number of carbonyl (C=O) groups excluding carboxylic acids is 3. The third-order valence-electron chi connectivity index (χ3n) is 4.49. The molecule has 3 aromatic rings. The van der Waals surface area contributed by atoms with E-state index in [2.05, 4.69) is 16.0 Å². The summed E-state index contributed by atoms with van der Waals surface area (Å²) in [4.78, 5) is 36.5. The number of benzene rings is 3. The molecule has 3 aromatic carbocycles. The van der Waals surface area contributed by atoms with E-state index >= 15 is 0 Å². The van der Waals surface area contributed by atoms with Crippen LogP contribution in [0.25, 0.3) is 0 Å². The number of hydrogen-bond donors (Lipinski definition) is 3. The fraction of sp³-hybridized carbons (Fsp3) is 0.125. The van der Waals surface area contributed by atoms with Gasteiger partial charge < -0.3 is 16.0 Å². The maximum Gasteiger partial charge on any atom is 0.255 e. The molecule has 0 radical (unpaired) electrons. The molecule has 0 aliphatic heterocycles. The number of hydrogen-bond acceptors (Lipinski definition) is 3. The second kappa shape index (κ2) is 10.2. The number of rotatable bonds is 7. The Balaban J connectivity index is 1.45. The number of anilines is 1. The van der Waals surface area contributed by atoms with Gasteiger partial charge in [0.25, 0.3) is 17.7 Å². The van der Waals surface area contributed by atoms with Gasteiger partial charge in [-0.05, 0) is 67.6 Å². The lowest BCUT2D eigenvalue weighted by atomic mass is 10.1. The minimum atomic E-state index is -0.415. The lowest BCUT2D eigenvalue weighted by Crippen LogP contribution is -2.34. The first-order valence-electron chi connectivity index (χ1n) is 9.72. The van der Waals surface area contributed by atoms with E-state index in [0.717, 1.165) is 5.56 Å². The largest absolute Gasteiger partial charge is 0.350 e. The normalized spacial score (nSPS) is 10.3. The molecule has 3 amide bonds. The standard InChI is InChI=1S/C24H22FN3O3/c1-16-3-2-4-19(15-16)23(30)27-14-13-26-22(29)17-7-11-21(12-8-17)28-24(31)18-5-9-20(25)10-6-18/h2-12,15H,13-14H2,1H3,(H,26,29)(H,27,30)(H,28,31). The Kier molecular flexibility index (Phi) is 7.11. The van der Waals surface area contributed by atoms with Gasteiger partial charge in [0.2, 0.25) is 0 Å². The summed E-state index contributed by atoms with van der Waals surface area (Å²) in [5, 5.41) is 8.18. The van der Waals surface area contributed by atoms with Crippen molar-refractivity contribution in [1.29, 1.82) is 0 Å². The molecular formula is C24H22FN3O3. The Morgan fingerprint density at radius 1 is 0.710 bits per heavy atom. The van der Waals surface area contributed by atoms with Crippen LogP contribution < -0.4 is 16.0 Å². The summed E-state index contributed by atoms with van der Waals surface area (Å²) in [5.41, 5.74) is 2.83. The highest BCUT2D eigenvalue weighted by atomic mass is 19.1. The van der Waals surface area contributed by atoms with Gasteiger partial charge in [0, 0.05) is 35.5 Å². The first-order valence-corrected chi connectivity index (χ1v) is 9.72. The van der Waals surface area contributed by atoms with Crippen molar-refractivity contribution in [2.45, 2.75) is 6.92 Å². The van der Waals surface area contributed by atoms with Gasteiger partial charge in [-0.15, -0.1) is 0 Å². The molecule has 6 nitrogen and oxygen atoms in total. The van der Waals surface area contributed by atoms with Gasteiger partial charge in [-0.25, -0.2) is 4.39 Å². The monoisotopic (exact) mass is 419 g/mol. The van der Waals surface area contributed by atoms with E-state index < -0.39 is 5.82 Å². The molecule has 0 aromatic heterocycles. The van der Waals surface area contributed by atoms with Crippen LogP contribution in [0.5, 0.6) is 0 Å². The fourth-order valence-corrected chi connectivity index (χ4v) is 2.85. The minimum absolute atomic E-state index is 0.195. The van der Waals surface area contributed by atoms with Crippen molar-refractivity contribution in [2.24, 2.45) is 0 Å². The van der Waals surface area contributed by atoms with Crippen LogP contribution in [0.1, 0.15) is 36.6 Å². The first kappa shape index (κ1) is 21.7. The predicted molar refractivity (Wildman–Crippen MR) is 117 cm³/mol. The third kappa shape index (κ3) is 6.24. The lowest BCUT2D eigenvalue weighted by Gasteiger charge is -2.09. The minimum Gasteiger partial charge on any atom is -0.350 e. The van der Waals surface area contributed by atoms with Crippen molar-refractivity contribution in [3.05, 3.63) is 101 Å². The average molecular weight is 419 g/mol. The van der Waals surface area contributed by atoms with Crippen molar-refractivity contribution < 1.29 is 18.8 Å². The Morgan fingerprint density at radius 3 is 1.87 bits per heavy atom. The lowest BCUT2D eigenvalue weighted by molar-refractivity contribution is 0.0927. The van der Waals surface area contributed by atoms with Crippen LogP contribution in [0.15, 0.2) is 72.8 Å². The molecule has 0 saturated carbocycles. The predicted octanol–water partition coefficient (Wildman–Crippen LogP) is 3.55. The van der Waals surface area contributed by atoms with Gasteiger partial charge in [0.05, 0.1) is 0 Å². The van der Waals surface area contributed by atoms with Crippen molar-refractivity contribution in [3.8, 4) is 0 Å². The number of carbonyl (C=O) groups is 3. The second-order valence-corrected chi connectivity index (χ2v) is 6.92. The zero-order chi connectivity index (χ0) is 22.2. The van der Waals surface area contributed by atoms with Gasteiger partial charge in [-0.1, -0.05) is 17.7 Å². The zero-order valence-electron chi connectivity index (χ0n) is 16.9. The van der Waals surface area contributed by atoms with Gasteiger partial charge in [-0.2, -0.15) is 0 Å². The van der Waals surface area contributed by atoms with Crippen molar-refractivity contribution >= 4 is 23.4 Å². The highest BCUT2D eigenvalue weighted by molar-refractivity contribution is 6.04. The molecule has 3 rings (SSSR count). The molecule has 0 atom stereocenters. The summed E-state index contributed by atoms with van der Waals surface area (Å²) in [6, 6.07) is 18.9. The van der Waals surface area contributed by atoms with Gasteiger partial charge >= 0.3 is 0 Å². The molecule has 31 heavy (non-hydrogen) atoms. The number of aryl methyl sites for hydroxylation is 1. The van der Waals surface area contributed by atoms with E-state index in [1.54, 1.807) is 36.4 Å². The Morgan fingerprint density at radius 2 is 1.26 bits per heavy atom. The number of amides is 3. The SMILES string of the molecule is Cc1cccc(C(=O)NCCNC(=O)c2ccc(NC(=O)c3ccc(F)cc3)cc2)c1. The van der Waals surface area contributed by atoms with Crippen molar-refractivity contribution in [1.82, 2.24) is 10.6 Å². The highest BCUT2D eigenvalue weighted by Crippen LogP contribution is 2.12. The van der Waals surface area contributed by atoms with Crippen LogP contribution in [-0.2, 0) is 0 Å². The maximum atomic E-state index is 12.9. The topological polar surface area (TPSA) is 87.3 Å². The fourth-order valence-electron chi connectivity index (χ4n) is 2.85. The molecule has 7 heteroatoms. The van der Waals surface area contributed by atoms with Crippen LogP contribution in [0, 0.1) is 12.7 Å². The van der Waals surface area contributed by atoms with E-state index in [4.69, 9.17) is 0 Å². The summed E-state index contributed by atoms with van der Waals surface area (Å²) >= 11 is 0. The highest BCUT2D eigenvalue weighted by Gasteiger charge is 2.09. The average Bonchev–Trinajstić information content (AvgIpc) is 2.77. The molecule has 0 unspecified atom stereocenters. The summed E-state index contributed by atoms with van der Waals surface area (Å²) < 4.78 is 12.9. The number of nitrogens with one attached hydrogen (secondary N) is 3. The molecule has 3 N–H and O–H groups in total. The second-order valence-electron chi connectivity index (χ2n) is 6.92. The Labute approximate surface area is 179 Å². The molecule has 0 aliphatic rings. The van der Waals surface area contributed by atoms with Crippen LogP contribution >= 0.6 is 0 Å². The zero-order valence-corrected chi connectivity index (χ0v) is 16.9. The van der Waals surface area contributed by atoms with Crippen molar-refractivity contribution in [2.75, 3.05) is 18.4 Å². The van der Waals surface area contributed by atoms with Crippen LogP contribution in [0.4, 0.5) is 10.1 Å². The number of halogens is 1. The summed E-state index contributed by atoms with van der Waals surface area (Å²) in [5.74, 6) is -1.27. The van der Waals surface area contributed by atoms with Crippen LogP contribution in [0.3, 0.4) is 0 Å². The molecule has 0 bridgehead atoms. The van der Waals surface area contributed by atoms with Crippen LogP contribution in [0.2, 0.25) is 0 Å². The molecule has 0 aliphatic carbocycles. The Hall–Kier alpha value is -4.00. The maximum absolute atomic E-state index is 12.9. The quantitative estimate of drug-likeness (QED) is 0.512. The first-order chi connectivity index (χ1) is 14.9. The molecule has 0 heterocycles. The van der Waals surface area contributed by atoms with E-state index in [0.29, 0.717) is 28.9 Å². The van der Waals surface area contributed by atoms with Crippen LogP contribution in [-0.4, -0.2) is 30.8 Å². The van der Waals surface area contributed by atoms with E-state index in [-0.39, 0.29) is 24.3 Å².